The van der Waals surface area contributed by atoms with Gasteiger partial charge >= 0.3 is 6.03 Å². The summed E-state index contributed by atoms with van der Waals surface area (Å²) in [4.78, 5) is 31.7. The lowest BCUT2D eigenvalue weighted by Gasteiger charge is -2.45. The van der Waals surface area contributed by atoms with Gasteiger partial charge in [-0.15, -0.1) is 0 Å². The highest BCUT2D eigenvalue weighted by Crippen LogP contribution is 2.44. The fraction of sp³-hybridized carbons (Fsp3) is 0.517. The van der Waals surface area contributed by atoms with Gasteiger partial charge in [0, 0.05) is 25.8 Å². The van der Waals surface area contributed by atoms with Crippen molar-refractivity contribution in [3.05, 3.63) is 65.5 Å². The van der Waals surface area contributed by atoms with E-state index in [0.29, 0.717) is 31.7 Å². The highest BCUT2D eigenvalue weighted by Gasteiger charge is 2.65. The van der Waals surface area contributed by atoms with E-state index in [9.17, 15) is 14.0 Å². The second-order valence-corrected chi connectivity index (χ2v) is 11.2. The molecule has 0 bridgehead atoms. The molecule has 3 amide bonds. The molecule has 1 unspecified atom stereocenters. The molecule has 4 rings (SSSR count). The molecular formula is C29H39FN3O4+. The highest BCUT2D eigenvalue weighted by molar-refractivity contribution is 6.01. The third kappa shape index (κ3) is 5.28. The minimum Gasteiger partial charge on any atom is -0.491 e. The molecule has 200 valence electrons. The van der Waals surface area contributed by atoms with Crippen LogP contribution in [0.2, 0.25) is 0 Å². The van der Waals surface area contributed by atoms with Gasteiger partial charge in [-0.2, -0.15) is 0 Å². The summed E-state index contributed by atoms with van der Waals surface area (Å²) < 4.78 is 25.5. The Morgan fingerprint density at radius 3 is 2.51 bits per heavy atom. The fourth-order valence-corrected chi connectivity index (χ4v) is 5.89. The minimum atomic E-state index is -0.826. The number of benzene rings is 2. The lowest BCUT2D eigenvalue weighted by molar-refractivity contribution is -0.875. The number of urea groups is 1. The molecule has 0 N–H and O–H groups in total. The quantitative estimate of drug-likeness (QED) is 0.377. The van der Waals surface area contributed by atoms with Gasteiger partial charge < -0.3 is 9.47 Å². The van der Waals surface area contributed by atoms with Crippen LogP contribution in [0.1, 0.15) is 51.8 Å². The zero-order valence-electron chi connectivity index (χ0n) is 22.7. The van der Waals surface area contributed by atoms with Crippen molar-refractivity contribution in [1.82, 2.24) is 9.80 Å². The second-order valence-electron chi connectivity index (χ2n) is 11.2. The lowest BCUT2D eigenvalue weighted by atomic mass is 9.99. The third-order valence-corrected chi connectivity index (χ3v) is 7.44. The Bertz CT molecular complexity index is 1150. The summed E-state index contributed by atoms with van der Waals surface area (Å²) in [6.45, 7) is 12.2. The third-order valence-electron chi connectivity index (χ3n) is 7.44. The van der Waals surface area contributed by atoms with Crippen LogP contribution in [0.4, 0.5) is 9.18 Å². The molecule has 8 heteroatoms. The van der Waals surface area contributed by atoms with Crippen molar-refractivity contribution in [1.29, 1.82) is 0 Å². The zero-order chi connectivity index (χ0) is 27.0. The first kappa shape index (κ1) is 27.2. The molecule has 0 aromatic heterocycles. The molecule has 0 aliphatic carbocycles. The van der Waals surface area contributed by atoms with Crippen LogP contribution >= 0.6 is 0 Å². The number of amides is 3. The van der Waals surface area contributed by atoms with Crippen LogP contribution in [0.5, 0.6) is 5.75 Å². The molecule has 2 saturated heterocycles. The lowest BCUT2D eigenvalue weighted by Crippen LogP contribution is -2.65. The Labute approximate surface area is 219 Å². The van der Waals surface area contributed by atoms with Gasteiger partial charge in [0.15, 0.2) is 0 Å². The number of imide groups is 1. The van der Waals surface area contributed by atoms with Gasteiger partial charge in [0.2, 0.25) is 6.04 Å². The average molecular weight is 513 g/mol. The Morgan fingerprint density at radius 1 is 1.14 bits per heavy atom. The summed E-state index contributed by atoms with van der Waals surface area (Å²) in [6, 6.07) is 13.2. The van der Waals surface area contributed by atoms with E-state index < -0.39 is 17.4 Å². The number of nitrogens with zero attached hydrogens (tertiary/aromatic N) is 3. The van der Waals surface area contributed by atoms with Gasteiger partial charge in [-0.25, -0.2) is 18.6 Å². The smallest absolute Gasteiger partial charge is 0.427 e. The summed E-state index contributed by atoms with van der Waals surface area (Å²) in [5, 5.41) is 0. The molecule has 0 radical (unpaired) electrons. The monoisotopic (exact) mass is 512 g/mol. The van der Waals surface area contributed by atoms with Gasteiger partial charge in [-0.05, 0) is 64.4 Å². The number of rotatable bonds is 8. The Balaban J connectivity index is 1.64. The number of carbonyl (C=O) groups excluding carboxylic acids is 2. The molecule has 2 heterocycles. The van der Waals surface area contributed by atoms with Gasteiger partial charge in [0.1, 0.15) is 24.7 Å². The molecule has 7 nitrogen and oxygen atoms in total. The maximum absolute atomic E-state index is 14.3. The molecule has 3 atom stereocenters. The van der Waals surface area contributed by atoms with Crippen molar-refractivity contribution < 1.29 is 27.9 Å². The minimum absolute atomic E-state index is 0.0155. The number of piperazine rings is 1. The largest absolute Gasteiger partial charge is 0.491 e. The van der Waals surface area contributed by atoms with Gasteiger partial charge in [0.05, 0.1) is 24.3 Å². The predicted octanol–water partition coefficient (Wildman–Crippen LogP) is 4.76. The van der Waals surface area contributed by atoms with Crippen LogP contribution in [0.25, 0.3) is 0 Å². The van der Waals surface area contributed by atoms with Crippen LogP contribution in [0.15, 0.2) is 48.5 Å². The first-order chi connectivity index (χ1) is 17.5. The number of methoxy groups -OCH3 is 1. The first-order valence-electron chi connectivity index (χ1n) is 13.0. The maximum Gasteiger partial charge on any atom is 0.427 e. The van der Waals surface area contributed by atoms with Crippen molar-refractivity contribution in [3.63, 3.8) is 0 Å². The number of carbonyl (C=O) groups is 2. The van der Waals surface area contributed by atoms with Gasteiger partial charge in [-0.1, -0.05) is 24.3 Å². The van der Waals surface area contributed by atoms with Crippen LogP contribution in [-0.4, -0.2) is 77.3 Å². The summed E-state index contributed by atoms with van der Waals surface area (Å²) in [5.41, 5.74) is 0.841. The summed E-state index contributed by atoms with van der Waals surface area (Å²) in [7, 11) is 1.56. The molecule has 2 aromatic carbocycles. The zero-order valence-corrected chi connectivity index (χ0v) is 22.7. The van der Waals surface area contributed by atoms with Crippen LogP contribution in [0, 0.1) is 5.82 Å². The SMILES string of the molecule is COCC(C)(C)N1C(=O)C(c2cccc(F)c2)[N@+]2(CCN(Cc3cccc(OC(C)C)c3)[C@@H](C)C2)C1=O. The molecule has 2 aliphatic rings. The van der Waals surface area contributed by atoms with Crippen LogP contribution in [0.3, 0.4) is 0 Å². The van der Waals surface area contributed by atoms with Crippen molar-refractivity contribution >= 4 is 11.9 Å². The number of hydrogen-bond donors (Lipinski definition) is 0. The van der Waals surface area contributed by atoms with E-state index in [1.54, 1.807) is 19.2 Å². The second kappa shape index (κ2) is 10.5. The molecular weight excluding hydrogens is 473 g/mol. The van der Waals surface area contributed by atoms with E-state index in [0.717, 1.165) is 11.3 Å². The molecule has 2 fully saturated rings. The van der Waals surface area contributed by atoms with E-state index in [-0.39, 0.29) is 35.2 Å². The summed E-state index contributed by atoms with van der Waals surface area (Å²) in [6.07, 6.45) is 0.0947. The van der Waals surface area contributed by atoms with Gasteiger partial charge in [0.25, 0.3) is 5.91 Å². The molecule has 2 aromatic rings. The molecule has 0 saturated carbocycles. The Kier molecular flexibility index (Phi) is 7.74. The Hall–Kier alpha value is -2.81. The average Bonchev–Trinajstić information content (AvgIpc) is 3.01. The van der Waals surface area contributed by atoms with Crippen molar-refractivity contribution in [2.24, 2.45) is 0 Å². The van der Waals surface area contributed by atoms with Crippen LogP contribution in [-0.2, 0) is 16.1 Å². The summed E-state index contributed by atoms with van der Waals surface area (Å²) >= 11 is 0. The number of ether oxygens (including phenoxy) is 2. The van der Waals surface area contributed by atoms with E-state index >= 15 is 0 Å². The van der Waals surface area contributed by atoms with Crippen LogP contribution < -0.4 is 4.74 Å². The normalized spacial score (nSPS) is 24.9. The van der Waals surface area contributed by atoms with Crippen molar-refractivity contribution in [3.8, 4) is 5.75 Å². The predicted molar refractivity (Wildman–Crippen MR) is 139 cm³/mol. The first-order valence-corrected chi connectivity index (χ1v) is 13.0. The number of quaternary nitrogens is 1. The van der Waals surface area contributed by atoms with Crippen molar-refractivity contribution in [2.75, 3.05) is 33.4 Å². The molecule has 1 spiro atoms. The molecule has 37 heavy (non-hydrogen) atoms. The number of halogens is 1. The standard InChI is InChI=1S/C29H39FN3O4/c1-20(2)37-25-12-7-9-22(15-25)17-31-13-14-33(18-21(31)3)26(23-10-8-11-24(30)16-23)27(34)32(28(33)35)29(4,5)19-36-6/h7-12,15-16,20-21,26H,13-14,17-19H2,1-6H3/q+1/t21-,26?,33+/m0/s1. The highest BCUT2D eigenvalue weighted by atomic mass is 19.1. The number of hydrogen-bond acceptors (Lipinski definition) is 5. The topological polar surface area (TPSA) is 59.1 Å². The van der Waals surface area contributed by atoms with E-state index in [2.05, 4.69) is 24.0 Å². The van der Waals surface area contributed by atoms with E-state index in [1.807, 2.05) is 39.8 Å². The van der Waals surface area contributed by atoms with Crippen molar-refractivity contribution in [2.45, 2.75) is 64.9 Å². The van der Waals surface area contributed by atoms with E-state index in [1.165, 1.54) is 17.0 Å². The van der Waals surface area contributed by atoms with Gasteiger partial charge in [-0.3, -0.25) is 9.69 Å². The Morgan fingerprint density at radius 2 is 1.86 bits per heavy atom. The fourth-order valence-electron chi connectivity index (χ4n) is 5.89. The van der Waals surface area contributed by atoms with E-state index in [4.69, 9.17) is 9.47 Å². The molecule has 2 aliphatic heterocycles. The maximum atomic E-state index is 14.3. The summed E-state index contributed by atoms with van der Waals surface area (Å²) in [5.74, 6) is 0.126.